The fourth-order valence-corrected chi connectivity index (χ4v) is 1.12. The highest BCUT2D eigenvalue weighted by Crippen LogP contribution is 2.21. The van der Waals surface area contributed by atoms with Crippen molar-refractivity contribution in [3.8, 4) is 0 Å². The zero-order chi connectivity index (χ0) is 8.36. The van der Waals surface area contributed by atoms with Gasteiger partial charge < -0.3 is 5.73 Å². The number of hydrogen-bond acceptors (Lipinski definition) is 1. The maximum Gasteiger partial charge on any atom is 0.0151 e. The zero-order valence-electron chi connectivity index (χ0n) is 7.94. The summed E-state index contributed by atoms with van der Waals surface area (Å²) in [6, 6.07) is 0. The van der Waals surface area contributed by atoms with Crippen LogP contribution in [0.3, 0.4) is 0 Å². The molecule has 62 valence electrons. The molecule has 0 radical (unpaired) electrons. The van der Waals surface area contributed by atoms with Crippen LogP contribution in [0.2, 0.25) is 0 Å². The Morgan fingerprint density at radius 1 is 1.20 bits per heavy atom. The van der Waals surface area contributed by atoms with Crippen molar-refractivity contribution < 1.29 is 0 Å². The van der Waals surface area contributed by atoms with Crippen LogP contribution in [0.25, 0.3) is 0 Å². The summed E-state index contributed by atoms with van der Waals surface area (Å²) in [5, 5.41) is 0. The maximum atomic E-state index is 6.06. The van der Waals surface area contributed by atoms with Crippen molar-refractivity contribution in [3.05, 3.63) is 0 Å². The lowest BCUT2D eigenvalue weighted by molar-refractivity contribution is 0.280. The summed E-state index contributed by atoms with van der Waals surface area (Å²) in [5.74, 6) is 1.28. The second kappa shape index (κ2) is 3.38. The molecule has 10 heavy (non-hydrogen) atoms. The van der Waals surface area contributed by atoms with Crippen molar-refractivity contribution in [1.29, 1.82) is 0 Å². The lowest BCUT2D eigenvalue weighted by Gasteiger charge is -2.30. The van der Waals surface area contributed by atoms with Crippen LogP contribution in [0.4, 0.5) is 0 Å². The van der Waals surface area contributed by atoms with E-state index in [-0.39, 0.29) is 5.54 Å². The van der Waals surface area contributed by atoms with Gasteiger partial charge in [0, 0.05) is 5.54 Å². The smallest absolute Gasteiger partial charge is 0.0151 e. The number of hydrogen-bond donors (Lipinski definition) is 1. The van der Waals surface area contributed by atoms with Crippen LogP contribution in [0, 0.1) is 11.8 Å². The quantitative estimate of drug-likeness (QED) is 0.645. The molecular weight excluding hydrogens is 122 g/mol. The molecule has 0 amide bonds. The van der Waals surface area contributed by atoms with E-state index in [1.807, 2.05) is 0 Å². The standard InChI is InChI=1S/C9H21N/c1-7(2)6-9(5,10)8(3)4/h7-8H,6,10H2,1-5H3/t9-/m0/s1. The van der Waals surface area contributed by atoms with Crippen molar-refractivity contribution in [2.45, 2.75) is 46.6 Å². The van der Waals surface area contributed by atoms with E-state index < -0.39 is 0 Å². The molecule has 0 aromatic carbocycles. The molecule has 0 fully saturated rings. The SMILES string of the molecule is CC(C)C[C@](C)(N)C(C)C. The molecule has 0 spiro atoms. The topological polar surface area (TPSA) is 26.0 Å². The van der Waals surface area contributed by atoms with E-state index in [0.717, 1.165) is 6.42 Å². The van der Waals surface area contributed by atoms with Gasteiger partial charge in [-0.1, -0.05) is 27.7 Å². The van der Waals surface area contributed by atoms with Gasteiger partial charge in [0.05, 0.1) is 0 Å². The molecule has 0 unspecified atom stereocenters. The molecule has 1 atom stereocenters. The third-order valence-corrected chi connectivity index (χ3v) is 2.17. The molecule has 0 rings (SSSR count). The third-order valence-electron chi connectivity index (χ3n) is 2.17. The summed E-state index contributed by atoms with van der Waals surface area (Å²) in [7, 11) is 0. The molecule has 0 aliphatic carbocycles. The highest BCUT2D eigenvalue weighted by atomic mass is 14.7. The van der Waals surface area contributed by atoms with Crippen molar-refractivity contribution in [3.63, 3.8) is 0 Å². The fraction of sp³-hybridized carbons (Fsp3) is 1.00. The normalized spacial score (nSPS) is 18.0. The van der Waals surface area contributed by atoms with E-state index in [2.05, 4.69) is 34.6 Å². The molecule has 1 heteroatoms. The first-order valence-corrected chi connectivity index (χ1v) is 4.15. The summed E-state index contributed by atoms with van der Waals surface area (Å²) in [6.07, 6.45) is 1.12. The first-order chi connectivity index (χ1) is 4.36. The first-order valence-electron chi connectivity index (χ1n) is 4.15. The Labute approximate surface area is 65.0 Å². The van der Waals surface area contributed by atoms with Crippen LogP contribution in [0.15, 0.2) is 0 Å². The molecule has 0 aromatic heterocycles. The van der Waals surface area contributed by atoms with Gasteiger partial charge >= 0.3 is 0 Å². The Balaban J connectivity index is 3.87. The second-order valence-electron chi connectivity index (χ2n) is 4.26. The van der Waals surface area contributed by atoms with E-state index >= 15 is 0 Å². The highest BCUT2D eigenvalue weighted by molar-refractivity contribution is 4.82. The Morgan fingerprint density at radius 3 is 1.70 bits per heavy atom. The van der Waals surface area contributed by atoms with Gasteiger partial charge in [-0.2, -0.15) is 0 Å². The van der Waals surface area contributed by atoms with Gasteiger partial charge in [-0.15, -0.1) is 0 Å². The molecule has 1 nitrogen and oxygen atoms in total. The van der Waals surface area contributed by atoms with Crippen LogP contribution in [-0.4, -0.2) is 5.54 Å². The van der Waals surface area contributed by atoms with Crippen molar-refractivity contribution in [2.75, 3.05) is 0 Å². The summed E-state index contributed by atoms with van der Waals surface area (Å²) in [6.45, 7) is 10.9. The predicted octanol–water partition coefficient (Wildman–Crippen LogP) is 2.41. The summed E-state index contributed by atoms with van der Waals surface area (Å²) < 4.78 is 0. The lowest BCUT2D eigenvalue weighted by atomic mass is 9.82. The monoisotopic (exact) mass is 143 g/mol. The molecule has 0 saturated carbocycles. The minimum absolute atomic E-state index is 0.0220. The van der Waals surface area contributed by atoms with Crippen molar-refractivity contribution in [1.82, 2.24) is 0 Å². The highest BCUT2D eigenvalue weighted by Gasteiger charge is 2.23. The van der Waals surface area contributed by atoms with Gasteiger partial charge in [0.2, 0.25) is 0 Å². The fourth-order valence-electron chi connectivity index (χ4n) is 1.12. The average molecular weight is 143 g/mol. The summed E-state index contributed by atoms with van der Waals surface area (Å²) in [4.78, 5) is 0. The van der Waals surface area contributed by atoms with Gasteiger partial charge in [-0.25, -0.2) is 0 Å². The molecule has 0 heterocycles. The van der Waals surface area contributed by atoms with E-state index in [1.165, 1.54) is 0 Å². The van der Waals surface area contributed by atoms with Gasteiger partial charge in [0.1, 0.15) is 0 Å². The molecular formula is C9H21N. The van der Waals surface area contributed by atoms with E-state index in [4.69, 9.17) is 5.73 Å². The van der Waals surface area contributed by atoms with Crippen LogP contribution < -0.4 is 5.73 Å². The molecule has 0 aromatic rings. The van der Waals surface area contributed by atoms with Crippen LogP contribution in [0.5, 0.6) is 0 Å². The minimum Gasteiger partial charge on any atom is -0.325 e. The maximum absolute atomic E-state index is 6.06. The molecule has 0 bridgehead atoms. The summed E-state index contributed by atoms with van der Waals surface area (Å²) in [5.41, 5.74) is 6.08. The van der Waals surface area contributed by atoms with Gasteiger partial charge in [0.25, 0.3) is 0 Å². The van der Waals surface area contributed by atoms with Gasteiger partial charge in [-0.3, -0.25) is 0 Å². The van der Waals surface area contributed by atoms with E-state index in [0.29, 0.717) is 11.8 Å². The summed E-state index contributed by atoms with van der Waals surface area (Å²) >= 11 is 0. The predicted molar refractivity (Wildman–Crippen MR) is 46.9 cm³/mol. The van der Waals surface area contributed by atoms with Gasteiger partial charge in [0.15, 0.2) is 0 Å². The average Bonchev–Trinajstić information content (AvgIpc) is 1.60. The zero-order valence-corrected chi connectivity index (χ0v) is 7.94. The van der Waals surface area contributed by atoms with Crippen LogP contribution in [0.1, 0.15) is 41.0 Å². The van der Waals surface area contributed by atoms with Gasteiger partial charge in [-0.05, 0) is 25.2 Å². The Kier molecular flexibility index (Phi) is 3.37. The van der Waals surface area contributed by atoms with E-state index in [1.54, 1.807) is 0 Å². The molecule has 2 N–H and O–H groups in total. The number of nitrogens with two attached hydrogens (primary N) is 1. The first kappa shape index (κ1) is 9.96. The minimum atomic E-state index is 0.0220. The van der Waals surface area contributed by atoms with Crippen molar-refractivity contribution >= 4 is 0 Å². The third kappa shape index (κ3) is 3.21. The molecule has 0 saturated heterocycles. The molecule has 0 aliphatic rings. The largest absolute Gasteiger partial charge is 0.325 e. The lowest BCUT2D eigenvalue weighted by Crippen LogP contribution is -2.42. The molecule has 0 aliphatic heterocycles. The van der Waals surface area contributed by atoms with Crippen molar-refractivity contribution in [2.24, 2.45) is 17.6 Å². The number of rotatable bonds is 3. The Hall–Kier alpha value is -0.0400. The Bertz CT molecular complexity index is 92.9. The van der Waals surface area contributed by atoms with E-state index in [9.17, 15) is 0 Å². The van der Waals surface area contributed by atoms with Crippen LogP contribution >= 0.6 is 0 Å². The second-order valence-corrected chi connectivity index (χ2v) is 4.26. The Morgan fingerprint density at radius 2 is 1.60 bits per heavy atom. The van der Waals surface area contributed by atoms with Crippen LogP contribution in [-0.2, 0) is 0 Å².